The zero-order valence-corrected chi connectivity index (χ0v) is 31.5. The number of fused-ring (bicyclic) bond motifs is 3. The minimum atomic E-state index is -3.57. The molecular weight excluding hydrogens is 683 g/mol. The molecule has 1 N–H and O–H groups in total. The predicted octanol–water partition coefficient (Wildman–Crippen LogP) is 11.4. The number of hydrogen-bond acceptors (Lipinski definition) is 5. The molecule has 2 aliphatic heterocycles. The standard InChI is InChI=1S/C48H47N3O2S/c52-54(53,43-20-12-5-13-21-43)44-29-24-37(25-30-44)36-22-26-41(27-23-36)51-46-31-28-42(50(39-16-8-3-9-17-39)40-18-10-4-11-19-40)34-45(46)48(35-49-33-32-47(48)51)38-14-6-1-2-7-15-38/h3-5,8-13,16-31,34,38,47,49H,1-2,6-7,14-15,32-33,35H2. The fourth-order valence-corrected chi connectivity index (χ4v) is 11.0. The van der Waals surface area contributed by atoms with Gasteiger partial charge in [-0.05, 0) is 127 Å². The third-order valence-corrected chi connectivity index (χ3v) is 14.0. The number of anilines is 5. The molecule has 0 radical (unpaired) electrons. The van der Waals surface area contributed by atoms with Crippen LogP contribution in [0.3, 0.4) is 0 Å². The van der Waals surface area contributed by atoms with Crippen LogP contribution in [-0.4, -0.2) is 27.5 Å². The maximum atomic E-state index is 13.2. The largest absolute Gasteiger partial charge is 0.337 e. The lowest BCUT2D eigenvalue weighted by atomic mass is 9.62. The molecule has 2 fully saturated rings. The van der Waals surface area contributed by atoms with Gasteiger partial charge in [0.15, 0.2) is 0 Å². The molecule has 2 heterocycles. The fourth-order valence-electron chi connectivity index (χ4n) is 9.69. The van der Waals surface area contributed by atoms with E-state index in [9.17, 15) is 8.42 Å². The number of benzene rings is 6. The van der Waals surface area contributed by atoms with E-state index in [2.05, 4.69) is 118 Å². The van der Waals surface area contributed by atoms with Crippen molar-refractivity contribution >= 4 is 38.3 Å². The van der Waals surface area contributed by atoms with E-state index in [1.165, 1.54) is 61.2 Å². The SMILES string of the molecule is O=S(=O)(c1ccccc1)c1ccc(-c2ccc(N3c4ccc(N(c5ccccc5)c5ccccc5)cc4C4(C5CCCCCC5)CNCCC34)cc2)cc1. The van der Waals surface area contributed by atoms with Crippen LogP contribution >= 0.6 is 0 Å². The van der Waals surface area contributed by atoms with Gasteiger partial charge in [0.25, 0.3) is 0 Å². The monoisotopic (exact) mass is 729 g/mol. The van der Waals surface area contributed by atoms with Gasteiger partial charge in [0.05, 0.1) is 9.79 Å². The molecule has 0 aromatic heterocycles. The Morgan fingerprint density at radius 1 is 0.574 bits per heavy atom. The van der Waals surface area contributed by atoms with Crippen molar-refractivity contribution in [3.63, 3.8) is 0 Å². The highest BCUT2D eigenvalue weighted by atomic mass is 32.2. The van der Waals surface area contributed by atoms with Crippen LogP contribution < -0.4 is 15.1 Å². The Morgan fingerprint density at radius 3 is 1.74 bits per heavy atom. The summed E-state index contributed by atoms with van der Waals surface area (Å²) in [5.41, 5.74) is 9.56. The summed E-state index contributed by atoms with van der Waals surface area (Å²) >= 11 is 0. The van der Waals surface area contributed by atoms with E-state index in [4.69, 9.17) is 0 Å². The minimum absolute atomic E-state index is 0.00821. The van der Waals surface area contributed by atoms with Crippen molar-refractivity contribution in [2.45, 2.75) is 66.2 Å². The van der Waals surface area contributed by atoms with Gasteiger partial charge in [-0.25, -0.2) is 8.42 Å². The predicted molar refractivity (Wildman–Crippen MR) is 221 cm³/mol. The molecule has 9 rings (SSSR count). The second-order valence-electron chi connectivity index (χ2n) is 15.2. The summed E-state index contributed by atoms with van der Waals surface area (Å²) < 4.78 is 26.5. The molecule has 0 amide bonds. The molecule has 2 atom stereocenters. The zero-order chi connectivity index (χ0) is 36.5. The number of nitrogens with one attached hydrogen (secondary N) is 1. The van der Waals surface area contributed by atoms with Crippen molar-refractivity contribution in [3.8, 4) is 11.1 Å². The van der Waals surface area contributed by atoms with Crippen molar-refractivity contribution in [2.75, 3.05) is 22.9 Å². The van der Waals surface area contributed by atoms with Crippen LogP contribution in [0.25, 0.3) is 11.1 Å². The molecule has 5 nitrogen and oxygen atoms in total. The van der Waals surface area contributed by atoms with Gasteiger partial charge in [0.1, 0.15) is 0 Å². The van der Waals surface area contributed by atoms with Crippen LogP contribution in [0.2, 0.25) is 0 Å². The minimum Gasteiger partial charge on any atom is -0.337 e. The van der Waals surface area contributed by atoms with Crippen LogP contribution in [-0.2, 0) is 15.3 Å². The van der Waals surface area contributed by atoms with E-state index >= 15 is 0 Å². The molecule has 1 aliphatic carbocycles. The highest BCUT2D eigenvalue weighted by Gasteiger charge is 2.56. The Hall–Kier alpha value is -5.17. The number of nitrogens with zero attached hydrogens (tertiary/aromatic N) is 2. The van der Waals surface area contributed by atoms with Crippen molar-refractivity contribution in [1.82, 2.24) is 5.32 Å². The molecule has 1 saturated carbocycles. The molecule has 2 unspecified atom stereocenters. The lowest BCUT2D eigenvalue weighted by Crippen LogP contribution is -2.58. The first-order valence-electron chi connectivity index (χ1n) is 19.6. The van der Waals surface area contributed by atoms with Crippen molar-refractivity contribution in [2.24, 2.45) is 5.92 Å². The normalized spacial score (nSPS) is 20.1. The van der Waals surface area contributed by atoms with Crippen LogP contribution in [0.1, 0.15) is 50.5 Å². The quantitative estimate of drug-likeness (QED) is 0.158. The first kappa shape index (κ1) is 34.6. The smallest absolute Gasteiger partial charge is 0.206 e. The molecule has 6 heteroatoms. The van der Waals surface area contributed by atoms with E-state index in [-0.39, 0.29) is 5.41 Å². The maximum Gasteiger partial charge on any atom is 0.206 e. The summed E-state index contributed by atoms with van der Waals surface area (Å²) in [5, 5.41) is 3.91. The first-order valence-corrected chi connectivity index (χ1v) is 21.1. The highest BCUT2D eigenvalue weighted by Crippen LogP contribution is 2.58. The summed E-state index contributed by atoms with van der Waals surface area (Å²) in [6.45, 7) is 2.00. The topological polar surface area (TPSA) is 52.7 Å². The third kappa shape index (κ3) is 6.11. The van der Waals surface area contributed by atoms with E-state index in [0.29, 0.717) is 21.8 Å². The zero-order valence-electron chi connectivity index (χ0n) is 30.6. The number of rotatable bonds is 8. The lowest BCUT2D eigenvalue weighted by Gasteiger charge is -2.48. The van der Waals surface area contributed by atoms with Gasteiger partial charge >= 0.3 is 0 Å². The Balaban J connectivity index is 1.12. The van der Waals surface area contributed by atoms with Crippen LogP contribution in [0.4, 0.5) is 28.4 Å². The number of para-hydroxylation sites is 2. The van der Waals surface area contributed by atoms with Gasteiger partial charge in [-0.2, -0.15) is 0 Å². The summed E-state index contributed by atoms with van der Waals surface area (Å²) in [6.07, 6.45) is 8.89. The number of piperidine rings is 1. The Bertz CT molecular complexity index is 2270. The lowest BCUT2D eigenvalue weighted by molar-refractivity contribution is 0.172. The number of sulfone groups is 1. The molecule has 0 bridgehead atoms. The van der Waals surface area contributed by atoms with Crippen molar-refractivity contribution < 1.29 is 8.42 Å². The molecule has 0 spiro atoms. The van der Waals surface area contributed by atoms with Gasteiger partial charge in [0, 0.05) is 46.4 Å². The average molecular weight is 730 g/mol. The Labute approximate surface area is 320 Å². The Kier molecular flexibility index (Phi) is 9.34. The van der Waals surface area contributed by atoms with Gasteiger partial charge in [-0.3, -0.25) is 0 Å². The molecule has 54 heavy (non-hydrogen) atoms. The summed E-state index contributed by atoms with van der Waals surface area (Å²) in [4.78, 5) is 5.69. The number of hydrogen-bond donors (Lipinski definition) is 1. The molecule has 1 saturated heterocycles. The van der Waals surface area contributed by atoms with Crippen LogP contribution in [0.5, 0.6) is 0 Å². The van der Waals surface area contributed by atoms with Gasteiger partial charge in [-0.1, -0.05) is 105 Å². The Morgan fingerprint density at radius 2 is 1.13 bits per heavy atom. The molecular formula is C48H47N3O2S. The molecule has 6 aromatic carbocycles. The summed E-state index contributed by atoms with van der Waals surface area (Å²) in [7, 11) is -3.57. The fraction of sp³-hybridized carbons (Fsp3) is 0.250. The third-order valence-electron chi connectivity index (χ3n) is 12.2. The van der Waals surface area contributed by atoms with Crippen molar-refractivity contribution in [1.29, 1.82) is 0 Å². The molecule has 3 aliphatic rings. The van der Waals surface area contributed by atoms with E-state index in [0.717, 1.165) is 42.0 Å². The second-order valence-corrected chi connectivity index (χ2v) is 17.1. The first-order chi connectivity index (χ1) is 26.5. The highest BCUT2D eigenvalue weighted by molar-refractivity contribution is 7.91. The van der Waals surface area contributed by atoms with E-state index in [1.807, 2.05) is 18.2 Å². The van der Waals surface area contributed by atoms with Crippen LogP contribution in [0.15, 0.2) is 168 Å². The van der Waals surface area contributed by atoms with Crippen LogP contribution in [0, 0.1) is 5.92 Å². The maximum absolute atomic E-state index is 13.2. The summed E-state index contributed by atoms with van der Waals surface area (Å²) in [6, 6.07) is 53.9. The van der Waals surface area contributed by atoms with E-state index in [1.54, 1.807) is 36.4 Å². The van der Waals surface area contributed by atoms with Gasteiger partial charge in [-0.15, -0.1) is 0 Å². The van der Waals surface area contributed by atoms with Crippen molar-refractivity contribution in [3.05, 3.63) is 163 Å². The van der Waals surface area contributed by atoms with Gasteiger partial charge in [0.2, 0.25) is 9.84 Å². The molecule has 6 aromatic rings. The molecule has 272 valence electrons. The van der Waals surface area contributed by atoms with E-state index < -0.39 is 9.84 Å². The van der Waals surface area contributed by atoms with Gasteiger partial charge < -0.3 is 15.1 Å². The average Bonchev–Trinajstić information content (AvgIpc) is 3.34. The second kappa shape index (κ2) is 14.6. The summed E-state index contributed by atoms with van der Waals surface area (Å²) in [5.74, 6) is 0.601.